The third-order valence-corrected chi connectivity index (χ3v) is 4.11. The van der Waals surface area contributed by atoms with Crippen LogP contribution in [0.1, 0.15) is 11.1 Å². The summed E-state index contributed by atoms with van der Waals surface area (Å²) in [6.07, 6.45) is 1.37. The third kappa shape index (κ3) is 6.06. The average molecular weight is 394 g/mol. The Bertz CT molecular complexity index is 825. The lowest BCUT2D eigenvalue weighted by Gasteiger charge is -2.08. The zero-order valence-corrected chi connectivity index (χ0v) is 15.5. The summed E-state index contributed by atoms with van der Waals surface area (Å²) in [5.41, 5.74) is 3.78. The Labute approximate surface area is 161 Å². The van der Waals surface area contributed by atoms with Gasteiger partial charge < -0.3 is 10.1 Å². The normalized spacial score (nSPS) is 10.6. The molecule has 0 bridgehead atoms. The van der Waals surface area contributed by atoms with Crippen LogP contribution in [0.5, 0.6) is 5.75 Å². The van der Waals surface area contributed by atoms with Crippen molar-refractivity contribution in [2.24, 2.45) is 5.10 Å². The second-order valence-corrected chi connectivity index (χ2v) is 6.05. The molecule has 0 heterocycles. The molecule has 0 spiro atoms. The third-order valence-electron chi connectivity index (χ3n) is 3.27. The monoisotopic (exact) mass is 393 g/mol. The number of para-hydroxylation sites is 1. The predicted molar refractivity (Wildman–Crippen MR) is 102 cm³/mol. The molecule has 0 aliphatic heterocycles. The highest BCUT2D eigenvalue weighted by Crippen LogP contribution is 2.24. The van der Waals surface area contributed by atoms with E-state index in [4.69, 9.17) is 27.9 Å². The molecule has 0 atom stereocenters. The van der Waals surface area contributed by atoms with Crippen LogP contribution < -0.4 is 15.5 Å². The molecule has 0 aliphatic carbocycles. The van der Waals surface area contributed by atoms with Gasteiger partial charge in [-0.15, -0.1) is 0 Å². The first-order valence-corrected chi connectivity index (χ1v) is 8.44. The Hall–Kier alpha value is -2.57. The van der Waals surface area contributed by atoms with Crippen molar-refractivity contribution in [1.29, 1.82) is 0 Å². The Morgan fingerprint density at radius 2 is 1.88 bits per heavy atom. The summed E-state index contributed by atoms with van der Waals surface area (Å²) in [4.78, 5) is 23.4. The van der Waals surface area contributed by atoms with Crippen molar-refractivity contribution in [2.75, 3.05) is 13.2 Å². The summed E-state index contributed by atoms with van der Waals surface area (Å²) in [5.74, 6) is -0.274. The quantitative estimate of drug-likeness (QED) is 0.560. The molecule has 0 aliphatic rings. The lowest BCUT2D eigenvalue weighted by molar-refractivity contribution is -0.127. The Balaban J connectivity index is 1.73. The van der Waals surface area contributed by atoms with Gasteiger partial charge in [-0.1, -0.05) is 53.5 Å². The fourth-order valence-corrected chi connectivity index (χ4v) is 2.28. The molecular formula is C18H17Cl2N3O3. The number of benzene rings is 2. The minimum Gasteiger partial charge on any atom is -0.484 e. The number of hydrogen-bond donors (Lipinski definition) is 2. The van der Waals surface area contributed by atoms with E-state index in [9.17, 15) is 9.59 Å². The summed E-state index contributed by atoms with van der Waals surface area (Å²) >= 11 is 11.9. The number of hydrazone groups is 1. The van der Waals surface area contributed by atoms with E-state index in [1.807, 2.05) is 25.1 Å². The maximum Gasteiger partial charge on any atom is 0.259 e. The molecule has 8 heteroatoms. The van der Waals surface area contributed by atoms with Crippen molar-refractivity contribution >= 4 is 41.2 Å². The second kappa shape index (κ2) is 9.79. The van der Waals surface area contributed by atoms with Crippen LogP contribution in [0.3, 0.4) is 0 Å². The highest BCUT2D eigenvalue weighted by molar-refractivity contribution is 6.43. The zero-order valence-electron chi connectivity index (χ0n) is 14.0. The van der Waals surface area contributed by atoms with E-state index >= 15 is 0 Å². The summed E-state index contributed by atoms with van der Waals surface area (Å²) in [7, 11) is 0. The average Bonchev–Trinajstić information content (AvgIpc) is 2.63. The van der Waals surface area contributed by atoms with Gasteiger partial charge in [0.2, 0.25) is 0 Å². The molecule has 0 aromatic heterocycles. The number of halogens is 2. The first-order chi connectivity index (χ1) is 12.5. The number of carbonyl (C=O) groups is 2. The molecule has 0 fully saturated rings. The molecule has 0 unspecified atom stereocenters. The molecule has 2 aromatic carbocycles. The lowest BCUT2D eigenvalue weighted by Crippen LogP contribution is -2.37. The number of hydrogen-bond acceptors (Lipinski definition) is 4. The second-order valence-electron chi connectivity index (χ2n) is 5.27. The van der Waals surface area contributed by atoms with E-state index in [2.05, 4.69) is 15.8 Å². The predicted octanol–water partition coefficient (Wildman–Crippen LogP) is 2.95. The SMILES string of the molecule is Cc1ccccc1OCC(=O)NCC(=O)N/N=C/c1cccc(Cl)c1Cl. The maximum atomic E-state index is 11.7. The van der Waals surface area contributed by atoms with Gasteiger partial charge in [0.25, 0.3) is 11.8 Å². The fourth-order valence-electron chi connectivity index (χ4n) is 1.93. The van der Waals surface area contributed by atoms with Crippen LogP contribution in [-0.4, -0.2) is 31.2 Å². The number of aryl methyl sites for hydroxylation is 1. The molecule has 6 nitrogen and oxygen atoms in total. The van der Waals surface area contributed by atoms with Crippen LogP contribution in [0.15, 0.2) is 47.6 Å². The van der Waals surface area contributed by atoms with Crippen molar-refractivity contribution < 1.29 is 14.3 Å². The molecule has 2 amide bonds. The molecule has 0 saturated carbocycles. The topological polar surface area (TPSA) is 79.8 Å². The minimum atomic E-state index is -0.483. The van der Waals surface area contributed by atoms with Crippen molar-refractivity contribution in [2.45, 2.75) is 6.92 Å². The molecule has 2 aromatic rings. The number of nitrogens with zero attached hydrogens (tertiary/aromatic N) is 1. The van der Waals surface area contributed by atoms with Gasteiger partial charge in [-0.2, -0.15) is 5.10 Å². The number of ether oxygens (including phenoxy) is 1. The molecule has 2 N–H and O–H groups in total. The summed E-state index contributed by atoms with van der Waals surface area (Å²) in [6.45, 7) is 1.47. The van der Waals surface area contributed by atoms with Crippen molar-refractivity contribution in [3.8, 4) is 5.75 Å². The molecule has 26 heavy (non-hydrogen) atoms. The van der Waals surface area contributed by atoms with Gasteiger partial charge in [0.15, 0.2) is 6.61 Å². The Morgan fingerprint density at radius 3 is 2.65 bits per heavy atom. The molecule has 0 radical (unpaired) electrons. The van der Waals surface area contributed by atoms with E-state index in [1.165, 1.54) is 6.21 Å². The fraction of sp³-hybridized carbons (Fsp3) is 0.167. The Kier molecular flexibility index (Phi) is 7.44. The first kappa shape index (κ1) is 19.8. The van der Waals surface area contributed by atoms with Crippen LogP contribution >= 0.6 is 23.2 Å². The van der Waals surface area contributed by atoms with Gasteiger partial charge in [0.05, 0.1) is 22.8 Å². The summed E-state index contributed by atoms with van der Waals surface area (Å²) < 4.78 is 5.39. The highest BCUT2D eigenvalue weighted by Gasteiger charge is 2.07. The van der Waals surface area contributed by atoms with Gasteiger partial charge in [0, 0.05) is 5.56 Å². The van der Waals surface area contributed by atoms with Crippen molar-refractivity contribution in [3.63, 3.8) is 0 Å². The minimum absolute atomic E-state index is 0.181. The standard InChI is InChI=1S/C18H17Cl2N3O3/c1-12-5-2-3-8-15(12)26-11-17(25)21-10-16(24)23-22-9-13-6-4-7-14(19)18(13)20/h2-9H,10-11H2,1H3,(H,21,25)(H,23,24)/b22-9+. The molecule has 136 valence electrons. The smallest absolute Gasteiger partial charge is 0.259 e. The van der Waals surface area contributed by atoms with Crippen LogP contribution in [0.4, 0.5) is 0 Å². The largest absolute Gasteiger partial charge is 0.484 e. The summed E-state index contributed by atoms with van der Waals surface area (Å²) in [5, 5.41) is 6.95. The number of amides is 2. The van der Waals surface area contributed by atoms with Crippen LogP contribution in [0.2, 0.25) is 10.0 Å². The van der Waals surface area contributed by atoms with Crippen molar-refractivity contribution in [3.05, 3.63) is 63.6 Å². The zero-order chi connectivity index (χ0) is 18.9. The Morgan fingerprint density at radius 1 is 1.12 bits per heavy atom. The van der Waals surface area contributed by atoms with Gasteiger partial charge in [0.1, 0.15) is 5.75 Å². The number of carbonyl (C=O) groups excluding carboxylic acids is 2. The number of nitrogens with one attached hydrogen (secondary N) is 2. The van der Waals surface area contributed by atoms with E-state index in [-0.39, 0.29) is 13.2 Å². The maximum absolute atomic E-state index is 11.7. The van der Waals surface area contributed by atoms with E-state index < -0.39 is 11.8 Å². The van der Waals surface area contributed by atoms with Gasteiger partial charge >= 0.3 is 0 Å². The molecule has 0 saturated heterocycles. The first-order valence-electron chi connectivity index (χ1n) is 7.68. The van der Waals surface area contributed by atoms with Crippen LogP contribution in [0.25, 0.3) is 0 Å². The van der Waals surface area contributed by atoms with Crippen molar-refractivity contribution in [1.82, 2.24) is 10.7 Å². The molecular weight excluding hydrogens is 377 g/mol. The lowest BCUT2D eigenvalue weighted by atomic mass is 10.2. The number of rotatable bonds is 7. The van der Waals surface area contributed by atoms with E-state index in [0.29, 0.717) is 21.4 Å². The highest BCUT2D eigenvalue weighted by atomic mass is 35.5. The van der Waals surface area contributed by atoms with E-state index in [1.54, 1.807) is 24.3 Å². The van der Waals surface area contributed by atoms with Gasteiger partial charge in [-0.3, -0.25) is 9.59 Å². The van der Waals surface area contributed by atoms with Crippen LogP contribution in [0, 0.1) is 6.92 Å². The van der Waals surface area contributed by atoms with Gasteiger partial charge in [-0.25, -0.2) is 5.43 Å². The van der Waals surface area contributed by atoms with Gasteiger partial charge in [-0.05, 0) is 24.6 Å². The van der Waals surface area contributed by atoms with Crippen LogP contribution in [-0.2, 0) is 9.59 Å². The molecule has 2 rings (SSSR count). The van der Waals surface area contributed by atoms with E-state index in [0.717, 1.165) is 5.56 Å². The summed E-state index contributed by atoms with van der Waals surface area (Å²) in [6, 6.07) is 12.4.